The summed E-state index contributed by atoms with van der Waals surface area (Å²) in [6.07, 6.45) is 0.256. The van der Waals surface area contributed by atoms with Gasteiger partial charge in [-0.3, -0.25) is 4.79 Å². The average molecular weight is 141 g/mol. The van der Waals surface area contributed by atoms with Gasteiger partial charge < -0.3 is 0 Å². The van der Waals surface area contributed by atoms with Crippen molar-refractivity contribution in [3.63, 3.8) is 0 Å². The minimum Gasteiger partial charge on any atom is -0.298 e. The van der Waals surface area contributed by atoms with E-state index in [1.54, 1.807) is 0 Å². The fraction of sp³-hybridized carbons (Fsp3) is 0. The molecule has 1 nitrogen and oxygen atoms in total. The molecule has 0 aromatic heterocycles. The smallest absolute Gasteiger partial charge is 0.153 e. The van der Waals surface area contributed by atoms with Crippen LogP contribution in [0.1, 0.15) is 10.4 Å². The highest BCUT2D eigenvalue weighted by molar-refractivity contribution is 5.74. The van der Waals surface area contributed by atoms with Crippen molar-refractivity contribution in [3.05, 3.63) is 35.4 Å². The van der Waals surface area contributed by atoms with Crippen LogP contribution in [0.25, 0.3) is 0 Å². The Balaban J connectivity index is 3.21. The number of benzene rings is 1. The summed E-state index contributed by atoms with van der Waals surface area (Å²) in [4.78, 5) is 9.96. The molecule has 1 rings (SSSR count). The monoisotopic (exact) mass is 141 g/mol. The van der Waals surface area contributed by atoms with Gasteiger partial charge in [-0.25, -0.2) is 8.78 Å². The van der Waals surface area contributed by atoms with Crippen LogP contribution in [0, 0.1) is 17.7 Å². The van der Waals surface area contributed by atoms with Gasteiger partial charge in [0.25, 0.3) is 0 Å². The summed E-state index contributed by atoms with van der Waals surface area (Å²) in [5.41, 5.74) is -0.281. The molecule has 0 atom stereocenters. The summed E-state index contributed by atoms with van der Waals surface area (Å²) in [7, 11) is 0. The molecule has 1 aromatic rings. The van der Waals surface area contributed by atoms with E-state index in [1.807, 2.05) is 6.07 Å². The summed E-state index contributed by atoms with van der Waals surface area (Å²) in [5.74, 6) is -1.49. The van der Waals surface area contributed by atoms with Crippen LogP contribution in [0.15, 0.2) is 12.1 Å². The molecule has 51 valence electrons. The van der Waals surface area contributed by atoms with E-state index in [1.165, 1.54) is 0 Å². The molecule has 0 fully saturated rings. The Morgan fingerprint density at radius 2 is 2.20 bits per heavy atom. The molecule has 1 aromatic carbocycles. The summed E-state index contributed by atoms with van der Waals surface area (Å²) in [5, 5.41) is 0. The Bertz CT molecular complexity index is 258. The predicted octanol–water partition coefficient (Wildman–Crippen LogP) is 1.58. The van der Waals surface area contributed by atoms with E-state index in [9.17, 15) is 13.6 Å². The zero-order chi connectivity index (χ0) is 7.56. The lowest BCUT2D eigenvalue weighted by molar-refractivity contribution is 0.111. The van der Waals surface area contributed by atoms with Crippen molar-refractivity contribution in [2.75, 3.05) is 0 Å². The Morgan fingerprint density at radius 3 is 2.70 bits per heavy atom. The highest BCUT2D eigenvalue weighted by Crippen LogP contribution is 2.05. The quantitative estimate of drug-likeness (QED) is 0.542. The molecule has 0 saturated heterocycles. The van der Waals surface area contributed by atoms with E-state index in [2.05, 4.69) is 0 Å². The van der Waals surface area contributed by atoms with Crippen LogP contribution in [0.4, 0.5) is 8.78 Å². The molecule has 0 amide bonds. The Hall–Kier alpha value is -1.25. The maximum absolute atomic E-state index is 12.3. The second kappa shape index (κ2) is 2.56. The summed E-state index contributed by atoms with van der Waals surface area (Å²) in [6, 6.07) is 3.56. The van der Waals surface area contributed by atoms with E-state index in [0.29, 0.717) is 0 Å². The number of aldehydes is 1. The maximum Gasteiger partial charge on any atom is 0.153 e. The highest BCUT2D eigenvalue weighted by Gasteiger charge is 2.00. The molecular weight excluding hydrogens is 138 g/mol. The van der Waals surface area contributed by atoms with Gasteiger partial charge >= 0.3 is 0 Å². The van der Waals surface area contributed by atoms with E-state index in [-0.39, 0.29) is 11.8 Å². The lowest BCUT2D eigenvalue weighted by atomic mass is 10.2. The topological polar surface area (TPSA) is 17.1 Å². The van der Waals surface area contributed by atoms with Crippen LogP contribution in [0.5, 0.6) is 0 Å². The molecule has 0 bridgehead atoms. The van der Waals surface area contributed by atoms with Gasteiger partial charge in [-0.05, 0) is 12.1 Å². The molecule has 10 heavy (non-hydrogen) atoms. The van der Waals surface area contributed by atoms with Crippen molar-refractivity contribution >= 4 is 6.29 Å². The van der Waals surface area contributed by atoms with Crippen molar-refractivity contribution in [1.82, 2.24) is 0 Å². The van der Waals surface area contributed by atoms with Gasteiger partial charge in [0.1, 0.15) is 11.6 Å². The fourth-order valence-corrected chi connectivity index (χ4v) is 0.553. The summed E-state index contributed by atoms with van der Waals surface area (Å²) in [6.45, 7) is 0. The van der Waals surface area contributed by atoms with Gasteiger partial charge in [0.2, 0.25) is 0 Å². The molecule has 0 aliphatic rings. The van der Waals surface area contributed by atoms with Crippen LogP contribution < -0.4 is 0 Å². The second-order valence-corrected chi connectivity index (χ2v) is 1.70. The Morgan fingerprint density at radius 1 is 1.50 bits per heavy atom. The lowest BCUT2D eigenvalue weighted by Crippen LogP contribution is -1.88. The third-order valence-corrected chi connectivity index (χ3v) is 1.02. The van der Waals surface area contributed by atoms with Crippen LogP contribution in [-0.2, 0) is 0 Å². The summed E-state index contributed by atoms with van der Waals surface area (Å²) < 4.78 is 24.5. The molecule has 0 saturated carbocycles. The molecule has 0 N–H and O–H groups in total. The van der Waals surface area contributed by atoms with Crippen molar-refractivity contribution in [2.45, 2.75) is 0 Å². The van der Waals surface area contributed by atoms with Gasteiger partial charge in [0.05, 0.1) is 5.56 Å². The van der Waals surface area contributed by atoms with Crippen molar-refractivity contribution < 1.29 is 13.6 Å². The molecule has 0 aliphatic carbocycles. The molecular formula is C7H3F2O. The minimum atomic E-state index is -0.753. The van der Waals surface area contributed by atoms with Crippen LogP contribution >= 0.6 is 0 Å². The number of carbonyl (C=O) groups is 1. The van der Waals surface area contributed by atoms with Crippen molar-refractivity contribution in [2.24, 2.45) is 0 Å². The predicted molar refractivity (Wildman–Crippen MR) is 30.6 cm³/mol. The van der Waals surface area contributed by atoms with Gasteiger partial charge in [-0.1, -0.05) is 0 Å². The van der Waals surface area contributed by atoms with Gasteiger partial charge in [0.15, 0.2) is 6.29 Å². The third kappa shape index (κ3) is 1.18. The van der Waals surface area contributed by atoms with Gasteiger partial charge in [-0.15, -0.1) is 0 Å². The van der Waals surface area contributed by atoms with E-state index in [0.717, 1.165) is 12.1 Å². The molecule has 0 aliphatic heterocycles. The van der Waals surface area contributed by atoms with Crippen LogP contribution in [-0.4, -0.2) is 6.29 Å². The number of halogens is 2. The molecule has 3 heteroatoms. The number of hydrogen-bond acceptors (Lipinski definition) is 1. The normalized spacial score (nSPS) is 9.40. The van der Waals surface area contributed by atoms with Crippen LogP contribution in [0.3, 0.4) is 0 Å². The standard InChI is InChI=1S/C7H3F2O/c8-6-1-2-7(9)5(3-6)4-10/h2-4H. The Labute approximate surface area is 56.3 Å². The summed E-state index contributed by atoms with van der Waals surface area (Å²) >= 11 is 0. The first-order valence-electron chi connectivity index (χ1n) is 2.56. The lowest BCUT2D eigenvalue weighted by Gasteiger charge is -1.91. The number of rotatable bonds is 1. The number of hydrogen-bond donors (Lipinski definition) is 0. The zero-order valence-corrected chi connectivity index (χ0v) is 4.90. The molecule has 0 spiro atoms. The third-order valence-electron chi connectivity index (χ3n) is 1.02. The van der Waals surface area contributed by atoms with Gasteiger partial charge in [-0.2, -0.15) is 0 Å². The van der Waals surface area contributed by atoms with E-state index < -0.39 is 11.6 Å². The molecule has 0 unspecified atom stereocenters. The second-order valence-electron chi connectivity index (χ2n) is 1.70. The van der Waals surface area contributed by atoms with E-state index >= 15 is 0 Å². The van der Waals surface area contributed by atoms with Gasteiger partial charge in [0, 0.05) is 6.07 Å². The average Bonchev–Trinajstić information content (AvgIpc) is 1.94. The largest absolute Gasteiger partial charge is 0.298 e. The van der Waals surface area contributed by atoms with Crippen molar-refractivity contribution in [3.8, 4) is 0 Å². The fourth-order valence-electron chi connectivity index (χ4n) is 0.553. The minimum absolute atomic E-state index is 0.256. The first kappa shape index (κ1) is 6.86. The number of carbonyl (C=O) groups excluding carboxylic acids is 1. The van der Waals surface area contributed by atoms with E-state index in [4.69, 9.17) is 0 Å². The Kier molecular flexibility index (Phi) is 1.76. The first-order valence-corrected chi connectivity index (χ1v) is 2.56. The zero-order valence-electron chi connectivity index (χ0n) is 4.90. The molecule has 1 radical (unpaired) electrons. The maximum atomic E-state index is 12.3. The highest BCUT2D eigenvalue weighted by atomic mass is 19.1. The van der Waals surface area contributed by atoms with Crippen molar-refractivity contribution in [1.29, 1.82) is 0 Å². The van der Waals surface area contributed by atoms with Crippen LogP contribution in [0.2, 0.25) is 0 Å². The first-order chi connectivity index (χ1) is 4.74. The SMILES string of the molecule is O=Cc1cc(F)[c]cc1F. The molecule has 0 heterocycles.